The Bertz CT molecular complexity index is 432. The number of aliphatic hydroxyl groups is 1. The molecule has 18 heavy (non-hydrogen) atoms. The van der Waals surface area contributed by atoms with Gasteiger partial charge < -0.3 is 14.6 Å². The van der Waals surface area contributed by atoms with Crippen LogP contribution in [0.4, 0.5) is 9.59 Å². The molecule has 0 radical (unpaired) electrons. The SMILES string of the molecule is CC(C)(C)OC(=O)N1C[C@@H](/C(O)=C/[N+]#N)OC1=O. The van der Waals surface area contributed by atoms with Crippen LogP contribution < -0.4 is 0 Å². The number of imide groups is 1. The molecular weight excluding hydrogens is 242 g/mol. The summed E-state index contributed by atoms with van der Waals surface area (Å²) >= 11 is 0. The van der Waals surface area contributed by atoms with Gasteiger partial charge in [0.1, 0.15) is 5.60 Å². The number of aliphatic hydroxyl groups excluding tert-OH is 1. The smallest absolute Gasteiger partial charge is 0.420 e. The first-order chi connectivity index (χ1) is 8.24. The normalized spacial score (nSPS) is 20.3. The van der Waals surface area contributed by atoms with E-state index in [0.29, 0.717) is 0 Å². The van der Waals surface area contributed by atoms with E-state index in [1.54, 1.807) is 20.8 Å². The molecule has 1 saturated heterocycles. The Balaban J connectivity index is 2.72. The Morgan fingerprint density at radius 3 is 2.78 bits per heavy atom. The molecule has 1 fully saturated rings. The average molecular weight is 256 g/mol. The van der Waals surface area contributed by atoms with Crippen molar-refractivity contribution in [1.29, 1.82) is 5.39 Å². The van der Waals surface area contributed by atoms with E-state index in [2.05, 4.69) is 4.98 Å². The Kier molecular flexibility index (Phi) is 3.76. The zero-order chi connectivity index (χ0) is 13.9. The molecule has 1 atom stereocenters. The topological polar surface area (TPSA) is 104 Å². The summed E-state index contributed by atoms with van der Waals surface area (Å²) in [5, 5.41) is 17.6. The third-order valence-electron chi connectivity index (χ3n) is 1.95. The summed E-state index contributed by atoms with van der Waals surface area (Å²) in [5.41, 5.74) is -0.742. The number of rotatable bonds is 1. The maximum atomic E-state index is 11.6. The van der Waals surface area contributed by atoms with Gasteiger partial charge in [0.2, 0.25) is 11.2 Å². The van der Waals surface area contributed by atoms with Gasteiger partial charge in [0, 0.05) is 0 Å². The molecule has 0 aliphatic carbocycles. The van der Waals surface area contributed by atoms with E-state index in [1.165, 1.54) is 0 Å². The summed E-state index contributed by atoms with van der Waals surface area (Å²) in [7, 11) is 0. The Labute approximate surface area is 103 Å². The molecule has 0 bridgehead atoms. The summed E-state index contributed by atoms with van der Waals surface area (Å²) in [6.07, 6.45) is -2.12. The second-order valence-corrected chi connectivity index (χ2v) is 4.63. The zero-order valence-electron chi connectivity index (χ0n) is 10.3. The lowest BCUT2D eigenvalue weighted by Crippen LogP contribution is -2.37. The molecule has 0 unspecified atom stereocenters. The Morgan fingerprint density at radius 2 is 2.28 bits per heavy atom. The van der Waals surface area contributed by atoms with E-state index in [4.69, 9.17) is 14.9 Å². The van der Waals surface area contributed by atoms with Crippen molar-refractivity contribution in [2.45, 2.75) is 32.5 Å². The lowest BCUT2D eigenvalue weighted by molar-refractivity contribution is 0.0339. The number of carbonyl (C=O) groups excluding carboxylic acids is 2. The first-order valence-electron chi connectivity index (χ1n) is 5.19. The second kappa shape index (κ2) is 4.91. The molecule has 0 saturated carbocycles. The third-order valence-corrected chi connectivity index (χ3v) is 1.95. The van der Waals surface area contributed by atoms with E-state index in [9.17, 15) is 14.7 Å². The largest absolute Gasteiger partial charge is 0.503 e. The molecule has 0 aromatic carbocycles. The fraction of sp³-hybridized carbons (Fsp3) is 0.600. The number of ether oxygens (including phenoxy) is 2. The number of diazo groups is 1. The van der Waals surface area contributed by atoms with Crippen LogP contribution in [-0.2, 0) is 9.47 Å². The molecule has 8 heteroatoms. The van der Waals surface area contributed by atoms with Crippen molar-refractivity contribution >= 4 is 12.2 Å². The van der Waals surface area contributed by atoms with Gasteiger partial charge in [0.15, 0.2) is 11.1 Å². The van der Waals surface area contributed by atoms with Crippen molar-refractivity contribution < 1.29 is 24.2 Å². The lowest BCUT2D eigenvalue weighted by Gasteiger charge is -2.21. The molecule has 1 N–H and O–H groups in total. The molecule has 8 nitrogen and oxygen atoms in total. The van der Waals surface area contributed by atoms with Crippen LogP contribution in [0.2, 0.25) is 0 Å². The van der Waals surface area contributed by atoms with Crippen LogP contribution in [-0.4, -0.2) is 40.4 Å². The predicted octanol–water partition coefficient (Wildman–Crippen LogP) is 1.99. The fourth-order valence-electron chi connectivity index (χ4n) is 1.23. The molecule has 1 rings (SSSR count). The summed E-state index contributed by atoms with van der Waals surface area (Å²) in [4.78, 5) is 26.3. The summed E-state index contributed by atoms with van der Waals surface area (Å²) < 4.78 is 9.71. The summed E-state index contributed by atoms with van der Waals surface area (Å²) in [6, 6.07) is 0. The van der Waals surface area contributed by atoms with Gasteiger partial charge in [-0.2, -0.15) is 0 Å². The van der Waals surface area contributed by atoms with Gasteiger partial charge in [-0.25, -0.2) is 14.5 Å². The maximum Gasteiger partial charge on any atom is 0.420 e. The predicted molar refractivity (Wildman–Crippen MR) is 59.0 cm³/mol. The standard InChI is InChI=1S/C10H13N3O5/c1-10(2,3)18-9(16)13-5-7(17-8(13)15)6(14)4-12-11/h4,7H,5H2,1-3H3/p+1/b6-4-/t7-/m0/s1. The molecule has 0 spiro atoms. The van der Waals surface area contributed by atoms with Crippen LogP contribution in [0, 0.1) is 5.39 Å². The number of carbonyl (C=O) groups is 2. The van der Waals surface area contributed by atoms with Gasteiger partial charge in [0.25, 0.3) is 0 Å². The van der Waals surface area contributed by atoms with Gasteiger partial charge >= 0.3 is 18.4 Å². The first kappa shape index (κ1) is 13.8. The zero-order valence-corrected chi connectivity index (χ0v) is 10.3. The minimum Gasteiger partial charge on any atom is -0.503 e. The molecule has 0 aromatic heterocycles. The van der Waals surface area contributed by atoms with Crippen molar-refractivity contribution in [2.75, 3.05) is 6.54 Å². The molecule has 98 valence electrons. The molecule has 1 aliphatic rings. The van der Waals surface area contributed by atoms with E-state index >= 15 is 0 Å². The van der Waals surface area contributed by atoms with Gasteiger partial charge in [-0.1, -0.05) is 0 Å². The highest BCUT2D eigenvalue weighted by atomic mass is 16.6. The van der Waals surface area contributed by atoms with E-state index in [-0.39, 0.29) is 6.54 Å². The van der Waals surface area contributed by atoms with Crippen LogP contribution in [0.15, 0.2) is 12.0 Å². The van der Waals surface area contributed by atoms with Crippen LogP contribution in [0.3, 0.4) is 0 Å². The Morgan fingerprint density at radius 1 is 1.67 bits per heavy atom. The van der Waals surface area contributed by atoms with Gasteiger partial charge in [-0.15, -0.1) is 0 Å². The molecule has 1 heterocycles. The number of cyclic esters (lactones) is 1. The first-order valence-corrected chi connectivity index (χ1v) is 5.19. The van der Waals surface area contributed by atoms with Gasteiger partial charge in [-0.05, 0) is 20.8 Å². The molecular formula is C10H14N3O5+. The van der Waals surface area contributed by atoms with Crippen LogP contribution >= 0.6 is 0 Å². The van der Waals surface area contributed by atoms with Gasteiger partial charge in [-0.3, -0.25) is 0 Å². The molecule has 0 aromatic rings. The summed E-state index contributed by atoms with van der Waals surface area (Å²) in [5.74, 6) is -0.461. The fourth-order valence-corrected chi connectivity index (χ4v) is 1.23. The maximum absolute atomic E-state index is 11.6. The van der Waals surface area contributed by atoms with E-state index < -0.39 is 29.7 Å². The molecule has 1 aliphatic heterocycles. The number of amides is 2. The lowest BCUT2D eigenvalue weighted by atomic mass is 10.2. The highest BCUT2D eigenvalue weighted by Gasteiger charge is 2.41. The summed E-state index contributed by atoms with van der Waals surface area (Å²) in [6.45, 7) is 4.77. The van der Waals surface area contributed by atoms with Gasteiger partial charge in [0.05, 0.1) is 6.54 Å². The average Bonchev–Trinajstić information content (AvgIpc) is 2.58. The van der Waals surface area contributed by atoms with Crippen molar-refractivity contribution in [2.24, 2.45) is 0 Å². The monoisotopic (exact) mass is 256 g/mol. The molecule has 2 amide bonds. The highest BCUT2D eigenvalue weighted by Crippen LogP contribution is 2.19. The third kappa shape index (κ3) is 3.35. The number of hydrogen-bond acceptors (Lipinski definition) is 6. The van der Waals surface area contributed by atoms with E-state index in [1.807, 2.05) is 0 Å². The minimum absolute atomic E-state index is 0.203. The van der Waals surface area contributed by atoms with Crippen molar-refractivity contribution in [3.8, 4) is 0 Å². The second-order valence-electron chi connectivity index (χ2n) is 4.63. The highest BCUT2D eigenvalue weighted by molar-refractivity contribution is 5.89. The minimum atomic E-state index is -1.05. The van der Waals surface area contributed by atoms with Crippen molar-refractivity contribution in [3.05, 3.63) is 16.9 Å². The number of hydrogen-bond donors (Lipinski definition) is 1. The van der Waals surface area contributed by atoms with Crippen LogP contribution in [0.1, 0.15) is 20.8 Å². The van der Waals surface area contributed by atoms with Crippen molar-refractivity contribution in [1.82, 2.24) is 4.90 Å². The quantitative estimate of drug-likeness (QED) is 0.568. The Hall–Kier alpha value is -2.30. The van der Waals surface area contributed by atoms with Crippen molar-refractivity contribution in [3.63, 3.8) is 0 Å². The van der Waals surface area contributed by atoms with E-state index in [0.717, 1.165) is 11.1 Å². The van der Waals surface area contributed by atoms with Crippen LogP contribution in [0.5, 0.6) is 0 Å². The number of nitrogens with zero attached hydrogens (tertiary/aromatic N) is 3. The van der Waals surface area contributed by atoms with Crippen LogP contribution in [0.25, 0.3) is 4.98 Å².